The average Bonchev–Trinajstić information content (AvgIpc) is 2.50. The largest absolute Gasteiger partial charge is 0.469 e. The van der Waals surface area contributed by atoms with Crippen LogP contribution in [0.3, 0.4) is 0 Å². The Hall–Kier alpha value is -1.06. The van der Waals surface area contributed by atoms with Crippen LogP contribution >= 0.6 is 0 Å². The Morgan fingerprint density at radius 2 is 2.21 bits per heavy atom. The van der Waals surface area contributed by atoms with Gasteiger partial charge in [-0.05, 0) is 18.8 Å². The molecule has 0 N–H and O–H groups in total. The van der Waals surface area contributed by atoms with Gasteiger partial charge in [-0.25, -0.2) is 0 Å². The van der Waals surface area contributed by atoms with Crippen molar-refractivity contribution in [1.29, 1.82) is 0 Å². The van der Waals surface area contributed by atoms with E-state index in [1.54, 1.807) is 0 Å². The van der Waals surface area contributed by atoms with Gasteiger partial charge in [0.1, 0.15) is 6.10 Å². The lowest BCUT2D eigenvalue weighted by atomic mass is 9.75. The Kier molecular flexibility index (Phi) is 2.21. The first kappa shape index (κ1) is 9.49. The lowest BCUT2D eigenvalue weighted by Crippen LogP contribution is -2.34. The van der Waals surface area contributed by atoms with E-state index in [0.29, 0.717) is 12.8 Å². The van der Waals surface area contributed by atoms with Crippen molar-refractivity contribution in [3.05, 3.63) is 0 Å². The molecule has 2 fully saturated rings. The number of ether oxygens (including phenoxy) is 2. The third kappa shape index (κ3) is 1.29. The maximum atomic E-state index is 11.4. The van der Waals surface area contributed by atoms with Gasteiger partial charge in [-0.3, -0.25) is 9.59 Å². The molecule has 4 nitrogen and oxygen atoms in total. The quantitative estimate of drug-likeness (QED) is 0.583. The molecule has 2 rings (SSSR count). The number of hydrogen-bond acceptors (Lipinski definition) is 4. The summed E-state index contributed by atoms with van der Waals surface area (Å²) < 4.78 is 9.87. The molecule has 0 aromatic carbocycles. The molecule has 0 radical (unpaired) electrons. The lowest BCUT2D eigenvalue weighted by Gasteiger charge is -2.27. The minimum atomic E-state index is -0.291. The van der Waals surface area contributed by atoms with E-state index in [0.717, 1.165) is 0 Å². The second-order valence-corrected chi connectivity index (χ2v) is 4.16. The van der Waals surface area contributed by atoms with E-state index in [4.69, 9.17) is 9.47 Å². The van der Waals surface area contributed by atoms with Crippen molar-refractivity contribution in [2.24, 2.45) is 17.8 Å². The third-order valence-electron chi connectivity index (χ3n) is 3.31. The summed E-state index contributed by atoms with van der Waals surface area (Å²) in [7, 11) is 1.36. The molecule has 0 spiro atoms. The van der Waals surface area contributed by atoms with Crippen LogP contribution in [0.15, 0.2) is 0 Å². The smallest absolute Gasteiger partial charge is 0.310 e. The van der Waals surface area contributed by atoms with E-state index in [9.17, 15) is 9.59 Å². The molecule has 1 heterocycles. The molecule has 0 amide bonds. The highest BCUT2D eigenvalue weighted by Gasteiger charge is 2.50. The standard InChI is InChI=1S/C10H14O4/c1-5-3-6(9(11)13-2)7-4-8(5)14-10(7)12/h5-8H,3-4H2,1-2H3. The summed E-state index contributed by atoms with van der Waals surface area (Å²) in [5, 5.41) is 0. The number of rotatable bonds is 1. The molecule has 2 bridgehead atoms. The summed E-state index contributed by atoms with van der Waals surface area (Å²) in [5.74, 6) is -0.791. The molecule has 4 atom stereocenters. The molecular weight excluding hydrogens is 184 g/mol. The second kappa shape index (κ2) is 3.26. The van der Waals surface area contributed by atoms with Crippen molar-refractivity contribution in [2.45, 2.75) is 25.9 Å². The molecule has 14 heavy (non-hydrogen) atoms. The predicted octanol–water partition coefficient (Wildman–Crippen LogP) is 0.747. The Morgan fingerprint density at radius 1 is 1.50 bits per heavy atom. The van der Waals surface area contributed by atoms with Gasteiger partial charge in [0.2, 0.25) is 0 Å². The summed E-state index contributed by atoms with van der Waals surface area (Å²) in [6.07, 6.45) is 1.40. The minimum Gasteiger partial charge on any atom is -0.469 e. The van der Waals surface area contributed by atoms with Crippen molar-refractivity contribution in [1.82, 2.24) is 0 Å². The van der Waals surface area contributed by atoms with Crippen LogP contribution in [0.1, 0.15) is 19.8 Å². The molecule has 4 unspecified atom stereocenters. The summed E-state index contributed by atoms with van der Waals surface area (Å²) >= 11 is 0. The van der Waals surface area contributed by atoms with E-state index in [2.05, 4.69) is 0 Å². The normalized spacial score (nSPS) is 40.6. The summed E-state index contributed by atoms with van der Waals surface area (Å²) in [4.78, 5) is 22.8. The average molecular weight is 198 g/mol. The second-order valence-electron chi connectivity index (χ2n) is 4.16. The van der Waals surface area contributed by atoms with Gasteiger partial charge in [-0.2, -0.15) is 0 Å². The highest BCUT2D eigenvalue weighted by Crippen LogP contribution is 2.42. The van der Waals surface area contributed by atoms with E-state index in [1.165, 1.54) is 7.11 Å². The zero-order valence-electron chi connectivity index (χ0n) is 8.36. The fourth-order valence-electron chi connectivity index (χ4n) is 2.44. The molecule has 78 valence electrons. The molecule has 1 aliphatic heterocycles. The van der Waals surface area contributed by atoms with Gasteiger partial charge in [0, 0.05) is 0 Å². The van der Waals surface area contributed by atoms with Gasteiger partial charge in [-0.15, -0.1) is 0 Å². The molecular formula is C10H14O4. The van der Waals surface area contributed by atoms with Crippen molar-refractivity contribution in [3.8, 4) is 0 Å². The minimum absolute atomic E-state index is 0.0217. The number of methoxy groups -OCH3 is 1. The zero-order chi connectivity index (χ0) is 10.3. The van der Waals surface area contributed by atoms with E-state index < -0.39 is 0 Å². The van der Waals surface area contributed by atoms with Crippen LogP contribution in [0.25, 0.3) is 0 Å². The van der Waals surface area contributed by atoms with Crippen LogP contribution in [-0.2, 0) is 19.1 Å². The molecule has 0 aromatic heterocycles. The fraction of sp³-hybridized carbons (Fsp3) is 0.800. The topological polar surface area (TPSA) is 52.6 Å². The number of fused-ring (bicyclic) bond motifs is 2. The number of carbonyl (C=O) groups is 2. The van der Waals surface area contributed by atoms with E-state index in [-0.39, 0.29) is 35.8 Å². The fourth-order valence-corrected chi connectivity index (χ4v) is 2.44. The molecule has 1 saturated heterocycles. The first-order chi connectivity index (χ1) is 6.63. The number of carbonyl (C=O) groups excluding carboxylic acids is 2. The maximum absolute atomic E-state index is 11.4. The van der Waals surface area contributed by atoms with Crippen LogP contribution in [0.2, 0.25) is 0 Å². The highest BCUT2D eigenvalue weighted by atomic mass is 16.6. The zero-order valence-corrected chi connectivity index (χ0v) is 8.36. The third-order valence-corrected chi connectivity index (χ3v) is 3.31. The van der Waals surface area contributed by atoms with Crippen molar-refractivity contribution in [3.63, 3.8) is 0 Å². The van der Waals surface area contributed by atoms with Crippen LogP contribution in [0, 0.1) is 17.8 Å². The Labute approximate surface area is 82.6 Å². The van der Waals surface area contributed by atoms with Gasteiger partial charge in [0.05, 0.1) is 18.9 Å². The van der Waals surface area contributed by atoms with Gasteiger partial charge in [0.25, 0.3) is 0 Å². The van der Waals surface area contributed by atoms with Crippen molar-refractivity contribution in [2.75, 3.05) is 7.11 Å². The van der Waals surface area contributed by atoms with Crippen LogP contribution < -0.4 is 0 Å². The predicted molar refractivity (Wildman–Crippen MR) is 47.3 cm³/mol. The van der Waals surface area contributed by atoms with Crippen molar-refractivity contribution >= 4 is 11.9 Å². The van der Waals surface area contributed by atoms with Gasteiger partial charge >= 0.3 is 11.9 Å². The highest BCUT2D eigenvalue weighted by molar-refractivity contribution is 5.84. The summed E-state index contributed by atoms with van der Waals surface area (Å²) in [6, 6.07) is 0. The Balaban J connectivity index is 2.18. The Bertz CT molecular complexity index is 273. The van der Waals surface area contributed by atoms with Gasteiger partial charge < -0.3 is 9.47 Å². The molecule has 1 aliphatic carbocycles. The first-order valence-electron chi connectivity index (χ1n) is 4.91. The first-order valence-corrected chi connectivity index (χ1v) is 4.91. The molecule has 2 aliphatic rings. The van der Waals surface area contributed by atoms with E-state index in [1.807, 2.05) is 6.92 Å². The number of esters is 2. The van der Waals surface area contributed by atoms with Crippen LogP contribution in [-0.4, -0.2) is 25.2 Å². The monoisotopic (exact) mass is 198 g/mol. The maximum Gasteiger partial charge on any atom is 0.310 e. The molecule has 0 aromatic rings. The lowest BCUT2D eigenvalue weighted by molar-refractivity contribution is -0.153. The van der Waals surface area contributed by atoms with Gasteiger partial charge in [-0.1, -0.05) is 6.92 Å². The molecule has 4 heteroatoms. The molecule has 1 saturated carbocycles. The SMILES string of the molecule is COC(=O)C1CC(C)C2CC1C(=O)O2. The summed E-state index contributed by atoms with van der Waals surface area (Å²) in [6.45, 7) is 2.01. The van der Waals surface area contributed by atoms with Gasteiger partial charge in [0.15, 0.2) is 0 Å². The van der Waals surface area contributed by atoms with E-state index >= 15 is 0 Å². The van der Waals surface area contributed by atoms with Crippen LogP contribution in [0.5, 0.6) is 0 Å². The number of hydrogen-bond donors (Lipinski definition) is 0. The van der Waals surface area contributed by atoms with Crippen LogP contribution in [0.4, 0.5) is 0 Å². The Morgan fingerprint density at radius 3 is 2.86 bits per heavy atom. The summed E-state index contributed by atoms with van der Waals surface area (Å²) in [5.41, 5.74) is 0. The van der Waals surface area contributed by atoms with Crippen molar-refractivity contribution < 1.29 is 19.1 Å².